The number of hydrogen-bond acceptors (Lipinski definition) is 11. The molecule has 2 amide bonds. The van der Waals surface area contributed by atoms with Gasteiger partial charge in [0.05, 0.1) is 37.6 Å². The Morgan fingerprint density at radius 3 is 1.53 bits per heavy atom. The summed E-state index contributed by atoms with van der Waals surface area (Å²) >= 11 is 10.4. The first-order valence-electron chi connectivity index (χ1n) is 18.1. The number of hydrogen-bond donors (Lipinski definition) is 3. The lowest BCUT2D eigenvalue weighted by Gasteiger charge is -2.36. The van der Waals surface area contributed by atoms with Crippen LogP contribution in [0.4, 0.5) is 26.3 Å². The van der Waals surface area contributed by atoms with Crippen molar-refractivity contribution < 1.29 is 73.6 Å². The van der Waals surface area contributed by atoms with Gasteiger partial charge in [-0.15, -0.1) is 0 Å². The Kier molecular flexibility index (Phi) is 16.4. The van der Waals surface area contributed by atoms with Gasteiger partial charge in [0.1, 0.15) is 50.3 Å². The summed E-state index contributed by atoms with van der Waals surface area (Å²) in [4.78, 5) is 25.5. The Balaban J connectivity index is 0.000000228. The zero-order chi connectivity index (χ0) is 45.0. The molecule has 2 unspecified atom stereocenters. The zero-order valence-corrected chi connectivity index (χ0v) is 37.4. The number of benzene rings is 2. The number of ether oxygens (including phenoxy) is 4. The summed E-state index contributed by atoms with van der Waals surface area (Å²) in [6.07, 6.45) is -8.81. The smallest absolute Gasteiger partial charge is 0.412 e. The van der Waals surface area contributed by atoms with Crippen LogP contribution < -0.4 is 10.6 Å². The lowest BCUT2D eigenvalue weighted by molar-refractivity contribution is -0.154. The standard InChI is InChI=1S/C19H23F3NO5PS.C16H19NO4.C3H5ClF3OP/c1-11-5-12(2)14(13(3)6-11)15-16(28-29(4,30)27-9-19(20,21)22)18(23-17(15)24)7-25-10-26-8-18;1-9-4-10(2)12(11(3)5-9)13-14(18)16(17-15(13)19)6-20-8-21-7-16;1-9(4)8-2-3(5,6)7/h5-6H,7-10H2,1-4H3,(H,23,24);4-5,18H,6-8H2,1-3H3,(H,17,19);2H2,1H3. The van der Waals surface area contributed by atoms with Gasteiger partial charge >= 0.3 is 12.4 Å². The van der Waals surface area contributed by atoms with E-state index in [1.807, 2.05) is 65.8 Å². The Labute approximate surface area is 355 Å². The maximum absolute atomic E-state index is 13.0. The highest BCUT2D eigenvalue weighted by Gasteiger charge is 2.52. The molecule has 2 spiro atoms. The SMILES string of the molecule is CP(Cl)OCC(F)(F)F.Cc1cc(C)c(C2=C(O)C3(COCOC3)NC2=O)c(C)c1.Cc1cc(C)c(C2=C(OP(C)(=S)OCC(F)(F)F)C3(COCOC3)NC2=O)c(C)c1. The molecule has 0 saturated carbocycles. The number of rotatable bonds is 8. The molecule has 0 bridgehead atoms. The molecular formula is C38H47ClF6N2O10P2S. The molecule has 3 N–H and O–H groups in total. The molecule has 6 rings (SSSR count). The third-order valence-electron chi connectivity index (χ3n) is 9.22. The predicted molar refractivity (Wildman–Crippen MR) is 217 cm³/mol. The summed E-state index contributed by atoms with van der Waals surface area (Å²) in [6, 6.07) is 7.85. The molecular weight excluding hydrogens is 888 g/mol. The van der Waals surface area contributed by atoms with Crippen molar-refractivity contribution in [1.29, 1.82) is 0 Å². The molecule has 4 aliphatic rings. The van der Waals surface area contributed by atoms with Crippen LogP contribution in [0, 0.1) is 41.5 Å². The second-order valence-corrected chi connectivity index (χ2v) is 21.2. The zero-order valence-electron chi connectivity index (χ0n) is 34.0. The molecule has 0 aliphatic carbocycles. The van der Waals surface area contributed by atoms with E-state index in [2.05, 4.69) is 15.2 Å². The van der Waals surface area contributed by atoms with Gasteiger partial charge in [-0.05, 0) is 93.4 Å². The summed E-state index contributed by atoms with van der Waals surface area (Å²) in [5.74, 6) is -0.589. The Hall–Kier alpha value is -2.83. The summed E-state index contributed by atoms with van der Waals surface area (Å²) in [5, 5.41) is 16.3. The van der Waals surface area contributed by atoms with Crippen LogP contribution in [0.25, 0.3) is 11.1 Å². The minimum absolute atomic E-state index is 0.0160. The fraction of sp³-hybridized carbons (Fsp3) is 0.526. The number of aliphatic hydroxyl groups is 1. The third kappa shape index (κ3) is 12.6. The molecule has 0 aromatic heterocycles. The van der Waals surface area contributed by atoms with Crippen LogP contribution in [0.5, 0.6) is 0 Å². The highest BCUT2D eigenvalue weighted by molar-refractivity contribution is 8.09. The molecule has 22 heteroatoms. The second-order valence-electron chi connectivity index (χ2n) is 14.7. The lowest BCUT2D eigenvalue weighted by Crippen LogP contribution is -2.55. The molecule has 4 heterocycles. The van der Waals surface area contributed by atoms with Gasteiger partial charge in [-0.25, -0.2) is 0 Å². The first-order chi connectivity index (χ1) is 27.7. The van der Waals surface area contributed by atoms with Crippen LogP contribution in [0.3, 0.4) is 0 Å². The Bertz CT molecular complexity index is 2010. The molecule has 2 saturated heterocycles. The van der Waals surface area contributed by atoms with Crippen LogP contribution in [-0.4, -0.2) is 107 Å². The fourth-order valence-electron chi connectivity index (χ4n) is 7.13. The number of carbonyl (C=O) groups excluding carboxylic acids is 2. The van der Waals surface area contributed by atoms with Gasteiger partial charge in [-0.2, -0.15) is 26.3 Å². The predicted octanol–water partition coefficient (Wildman–Crippen LogP) is 8.23. The highest BCUT2D eigenvalue weighted by atomic mass is 35.7. The molecule has 2 aromatic carbocycles. The first-order valence-corrected chi connectivity index (χ1v) is 23.8. The van der Waals surface area contributed by atoms with Crippen LogP contribution in [0.1, 0.15) is 44.5 Å². The normalized spacial score (nSPS) is 20.2. The maximum Gasteiger partial charge on any atom is 0.412 e. The summed E-state index contributed by atoms with van der Waals surface area (Å²) in [7, 11) is -1.41. The number of aliphatic hydroxyl groups excluding tert-OH is 1. The van der Waals surface area contributed by atoms with E-state index in [0.717, 1.165) is 38.9 Å². The van der Waals surface area contributed by atoms with Crippen molar-refractivity contribution in [3.8, 4) is 0 Å². The van der Waals surface area contributed by atoms with Gasteiger partial charge in [0, 0.05) is 6.66 Å². The van der Waals surface area contributed by atoms with E-state index in [0.29, 0.717) is 11.1 Å². The molecule has 2 aromatic rings. The quantitative estimate of drug-likeness (QED) is 0.174. The van der Waals surface area contributed by atoms with Crippen LogP contribution >= 0.6 is 25.2 Å². The largest absolute Gasteiger partial charge is 0.509 e. The van der Waals surface area contributed by atoms with Crippen molar-refractivity contribution in [3.63, 3.8) is 0 Å². The maximum atomic E-state index is 13.0. The van der Waals surface area contributed by atoms with Crippen LogP contribution in [0.15, 0.2) is 35.8 Å². The second kappa shape index (κ2) is 19.7. The van der Waals surface area contributed by atoms with Gasteiger partial charge in [0.15, 0.2) is 6.61 Å². The number of carbonyl (C=O) groups is 2. The fourth-order valence-corrected chi connectivity index (χ4v) is 9.01. The van der Waals surface area contributed by atoms with Crippen molar-refractivity contribution in [3.05, 3.63) is 80.3 Å². The molecule has 2 fully saturated rings. The van der Waals surface area contributed by atoms with Crippen molar-refractivity contribution in [1.82, 2.24) is 10.6 Å². The van der Waals surface area contributed by atoms with Gasteiger partial charge in [0.25, 0.3) is 11.8 Å². The third-order valence-corrected chi connectivity index (χ3v) is 11.6. The minimum atomic E-state index is -4.55. The molecule has 0 radical (unpaired) electrons. The number of halogens is 7. The van der Waals surface area contributed by atoms with E-state index in [4.69, 9.17) is 51.0 Å². The van der Waals surface area contributed by atoms with Crippen LogP contribution in [-0.2, 0) is 53.9 Å². The van der Waals surface area contributed by atoms with Crippen LogP contribution in [0.2, 0.25) is 0 Å². The monoisotopic (exact) mass is 934 g/mol. The molecule has 60 heavy (non-hydrogen) atoms. The van der Waals surface area contributed by atoms with E-state index >= 15 is 0 Å². The van der Waals surface area contributed by atoms with Gasteiger partial charge in [-0.1, -0.05) is 46.6 Å². The molecule has 12 nitrogen and oxygen atoms in total. The summed E-state index contributed by atoms with van der Waals surface area (Å²) in [5.41, 5.74) is 5.59. The molecule has 4 aliphatic heterocycles. The van der Waals surface area contributed by atoms with E-state index in [9.17, 15) is 41.0 Å². The summed E-state index contributed by atoms with van der Waals surface area (Å²) in [6.45, 7) is 8.79. The number of aryl methyl sites for hydroxylation is 6. The van der Waals surface area contributed by atoms with E-state index in [1.54, 1.807) is 0 Å². The molecule has 2 atom stereocenters. The number of amides is 2. The van der Waals surface area contributed by atoms with Crippen molar-refractivity contribution in [2.24, 2.45) is 0 Å². The van der Waals surface area contributed by atoms with E-state index in [-0.39, 0.29) is 63.0 Å². The van der Waals surface area contributed by atoms with Crippen molar-refractivity contribution in [2.75, 3.05) is 66.6 Å². The highest BCUT2D eigenvalue weighted by Crippen LogP contribution is 2.53. The molecule has 334 valence electrons. The van der Waals surface area contributed by atoms with Crippen molar-refractivity contribution in [2.45, 2.75) is 65.0 Å². The lowest BCUT2D eigenvalue weighted by atomic mass is 9.91. The Morgan fingerprint density at radius 2 is 1.13 bits per heavy atom. The summed E-state index contributed by atoms with van der Waals surface area (Å²) < 4.78 is 108. The minimum Gasteiger partial charge on any atom is -0.509 e. The van der Waals surface area contributed by atoms with Gasteiger partial charge < -0.3 is 48.3 Å². The topological polar surface area (TPSA) is 143 Å². The Morgan fingerprint density at radius 1 is 0.750 bits per heavy atom. The van der Waals surface area contributed by atoms with Gasteiger partial charge in [0.2, 0.25) is 6.49 Å². The number of nitrogens with one attached hydrogen (secondary N) is 2. The average molecular weight is 935 g/mol. The van der Waals surface area contributed by atoms with E-state index in [1.165, 1.54) is 13.3 Å². The number of alkyl halides is 6. The van der Waals surface area contributed by atoms with Gasteiger partial charge in [-0.3, -0.25) is 9.59 Å². The average Bonchev–Trinajstić information content (AvgIpc) is 3.49. The van der Waals surface area contributed by atoms with E-state index < -0.39 is 56.5 Å². The van der Waals surface area contributed by atoms with Crippen molar-refractivity contribution >= 4 is 60.0 Å². The first kappa shape index (κ1) is 49.8.